The number of rotatable bonds is 3. The maximum atomic E-state index is 13.1. The largest absolute Gasteiger partial charge is 0.315 e. The molecule has 0 unspecified atom stereocenters. The standard InChI is InChI=1S/C18H18N5O2S/c19-14-23(12-10-20-11-13-23)18-16-8-4-5-9-17(16)22(21-18)26(24,25)15-6-2-1-3-7-15/h1-9,20H,10-13H2/q+1. The lowest BCUT2D eigenvalue weighted by Crippen LogP contribution is -2.57. The Hall–Kier alpha value is -2.73. The van der Waals surface area contributed by atoms with Crippen molar-refractivity contribution in [2.75, 3.05) is 26.2 Å². The zero-order valence-electron chi connectivity index (χ0n) is 14.0. The maximum Gasteiger partial charge on any atom is 0.315 e. The number of piperazine rings is 1. The first-order valence-corrected chi connectivity index (χ1v) is 9.81. The Morgan fingerprint density at radius 2 is 1.69 bits per heavy atom. The second-order valence-corrected chi connectivity index (χ2v) is 8.03. The van der Waals surface area contributed by atoms with E-state index in [0.717, 1.165) is 4.09 Å². The topological polar surface area (TPSA) is 87.8 Å². The smallest absolute Gasteiger partial charge is 0.306 e. The third-order valence-corrected chi connectivity index (χ3v) is 6.34. The van der Waals surface area contributed by atoms with E-state index in [1.54, 1.807) is 42.5 Å². The highest BCUT2D eigenvalue weighted by Gasteiger charge is 2.39. The summed E-state index contributed by atoms with van der Waals surface area (Å²) in [5, 5.41) is 18.3. The van der Waals surface area contributed by atoms with E-state index in [1.165, 1.54) is 0 Å². The molecule has 1 N–H and O–H groups in total. The Morgan fingerprint density at radius 1 is 1.04 bits per heavy atom. The molecule has 0 bridgehead atoms. The van der Waals surface area contributed by atoms with Gasteiger partial charge in [0.15, 0.2) is 0 Å². The second kappa shape index (κ2) is 6.21. The van der Waals surface area contributed by atoms with Crippen LogP contribution in [0.1, 0.15) is 0 Å². The van der Waals surface area contributed by atoms with Crippen LogP contribution in [0.3, 0.4) is 0 Å². The van der Waals surface area contributed by atoms with E-state index in [2.05, 4.69) is 16.6 Å². The first-order valence-electron chi connectivity index (χ1n) is 8.37. The average Bonchev–Trinajstić information content (AvgIpc) is 3.10. The van der Waals surface area contributed by atoms with Crippen LogP contribution in [0.25, 0.3) is 10.9 Å². The Morgan fingerprint density at radius 3 is 2.38 bits per heavy atom. The monoisotopic (exact) mass is 368 g/mol. The lowest BCUT2D eigenvalue weighted by atomic mass is 10.2. The average molecular weight is 368 g/mol. The molecule has 1 aliphatic rings. The minimum Gasteiger partial charge on any atom is -0.306 e. The van der Waals surface area contributed by atoms with Gasteiger partial charge in [-0.15, -0.1) is 9.35 Å². The van der Waals surface area contributed by atoms with Gasteiger partial charge in [0, 0.05) is 13.1 Å². The SMILES string of the molecule is N#C[N+]1(c2nn(S(=O)(=O)c3ccccc3)c3ccccc23)CCNCC1. The van der Waals surface area contributed by atoms with Gasteiger partial charge in [0.05, 0.1) is 15.8 Å². The molecule has 0 amide bonds. The number of benzene rings is 2. The van der Waals surface area contributed by atoms with E-state index in [4.69, 9.17) is 0 Å². The summed E-state index contributed by atoms with van der Waals surface area (Å²) in [6.45, 7) is 2.45. The van der Waals surface area contributed by atoms with Gasteiger partial charge in [0.2, 0.25) is 0 Å². The van der Waals surface area contributed by atoms with Crippen molar-refractivity contribution < 1.29 is 8.42 Å². The van der Waals surface area contributed by atoms with Crippen molar-refractivity contribution in [3.05, 3.63) is 54.6 Å². The van der Waals surface area contributed by atoms with Gasteiger partial charge in [0.25, 0.3) is 15.8 Å². The summed E-state index contributed by atoms with van der Waals surface area (Å²) in [6, 6.07) is 15.4. The summed E-state index contributed by atoms with van der Waals surface area (Å²) in [5.41, 5.74) is 0.484. The second-order valence-electron chi connectivity index (χ2n) is 6.27. The van der Waals surface area contributed by atoms with Crippen molar-refractivity contribution in [1.29, 1.82) is 5.26 Å². The highest BCUT2D eigenvalue weighted by molar-refractivity contribution is 7.90. The molecule has 8 heteroatoms. The normalized spacial score (nSPS) is 17.0. The molecule has 0 atom stereocenters. The molecule has 1 saturated heterocycles. The van der Waals surface area contributed by atoms with Gasteiger partial charge < -0.3 is 5.32 Å². The van der Waals surface area contributed by atoms with Crippen molar-refractivity contribution >= 4 is 26.7 Å². The van der Waals surface area contributed by atoms with E-state index >= 15 is 0 Å². The summed E-state index contributed by atoms with van der Waals surface area (Å²) in [5.74, 6) is 0.490. The molecule has 1 aliphatic heterocycles. The zero-order chi connectivity index (χ0) is 18.2. The molecular weight excluding hydrogens is 350 g/mol. The predicted octanol–water partition coefficient (Wildman–Crippen LogP) is 1.66. The summed E-state index contributed by atoms with van der Waals surface area (Å²) in [7, 11) is -3.85. The minimum atomic E-state index is -3.85. The van der Waals surface area contributed by atoms with Crippen molar-refractivity contribution in [2.24, 2.45) is 0 Å². The fourth-order valence-corrected chi connectivity index (χ4v) is 4.65. The van der Waals surface area contributed by atoms with Crippen molar-refractivity contribution in [3.8, 4) is 6.19 Å². The quantitative estimate of drug-likeness (QED) is 0.561. The first-order chi connectivity index (χ1) is 12.6. The molecule has 0 saturated carbocycles. The molecule has 3 aromatic rings. The predicted molar refractivity (Wildman–Crippen MR) is 98.8 cm³/mol. The van der Waals surface area contributed by atoms with Crippen molar-refractivity contribution in [2.45, 2.75) is 4.90 Å². The van der Waals surface area contributed by atoms with Crippen LogP contribution < -0.4 is 9.80 Å². The Labute approximate surface area is 151 Å². The van der Waals surface area contributed by atoms with Crippen LogP contribution in [0.4, 0.5) is 5.82 Å². The number of hydrogen-bond acceptors (Lipinski definition) is 5. The molecule has 0 spiro atoms. The molecule has 2 heterocycles. The number of nitriles is 1. The molecule has 2 aromatic carbocycles. The van der Waals surface area contributed by atoms with Gasteiger partial charge in [-0.1, -0.05) is 35.4 Å². The molecule has 7 nitrogen and oxygen atoms in total. The number of fused-ring (bicyclic) bond motifs is 1. The summed E-state index contributed by atoms with van der Waals surface area (Å²) in [6.07, 6.45) is 2.36. The van der Waals surface area contributed by atoms with Gasteiger partial charge in [-0.2, -0.15) is 12.9 Å². The third kappa shape index (κ3) is 2.49. The van der Waals surface area contributed by atoms with Crippen LogP contribution in [-0.2, 0) is 10.0 Å². The van der Waals surface area contributed by atoms with Crippen molar-refractivity contribution in [3.63, 3.8) is 0 Å². The summed E-state index contributed by atoms with van der Waals surface area (Å²) < 4.78 is 27.3. The number of aromatic nitrogens is 2. The number of nitrogens with one attached hydrogen (secondary N) is 1. The molecule has 4 rings (SSSR count). The van der Waals surface area contributed by atoms with E-state index in [9.17, 15) is 13.7 Å². The van der Waals surface area contributed by atoms with E-state index < -0.39 is 10.0 Å². The van der Waals surface area contributed by atoms with Gasteiger partial charge in [-0.05, 0) is 24.3 Å². The van der Waals surface area contributed by atoms with E-state index in [-0.39, 0.29) is 9.38 Å². The number of quaternary nitrogens is 1. The van der Waals surface area contributed by atoms with Crippen LogP contribution in [0.2, 0.25) is 0 Å². The van der Waals surface area contributed by atoms with E-state index in [0.29, 0.717) is 42.9 Å². The molecule has 26 heavy (non-hydrogen) atoms. The fourth-order valence-electron chi connectivity index (χ4n) is 3.35. The first kappa shape index (κ1) is 16.7. The van der Waals surface area contributed by atoms with Gasteiger partial charge in [-0.25, -0.2) is 0 Å². The van der Waals surface area contributed by atoms with Gasteiger partial charge in [0.1, 0.15) is 13.1 Å². The molecule has 132 valence electrons. The van der Waals surface area contributed by atoms with Crippen LogP contribution in [0.5, 0.6) is 0 Å². The van der Waals surface area contributed by atoms with Crippen LogP contribution >= 0.6 is 0 Å². The number of para-hydroxylation sites is 1. The lowest BCUT2D eigenvalue weighted by molar-refractivity contribution is 0.326. The summed E-state index contributed by atoms with van der Waals surface area (Å²) >= 11 is 0. The highest BCUT2D eigenvalue weighted by atomic mass is 32.2. The molecule has 1 aromatic heterocycles. The Bertz CT molecular complexity index is 1090. The molecule has 0 aliphatic carbocycles. The molecular formula is C18H18N5O2S+. The van der Waals surface area contributed by atoms with Crippen molar-refractivity contribution in [1.82, 2.24) is 19.0 Å². The number of hydrogen-bond donors (Lipinski definition) is 1. The Kier molecular flexibility index (Phi) is 4.00. The van der Waals surface area contributed by atoms with E-state index in [1.807, 2.05) is 12.1 Å². The van der Waals surface area contributed by atoms with Crippen LogP contribution in [-0.4, -0.2) is 43.8 Å². The highest BCUT2D eigenvalue weighted by Crippen LogP contribution is 2.33. The molecule has 0 radical (unpaired) electrons. The fraction of sp³-hybridized carbons (Fsp3) is 0.222. The lowest BCUT2D eigenvalue weighted by Gasteiger charge is -2.30. The Balaban J connectivity index is 1.98. The minimum absolute atomic E-state index is 0.00478. The van der Waals surface area contributed by atoms with Gasteiger partial charge >= 0.3 is 6.19 Å². The molecule has 1 fully saturated rings. The van der Waals surface area contributed by atoms with Crippen LogP contribution in [0, 0.1) is 11.5 Å². The summed E-state index contributed by atoms with van der Waals surface area (Å²) in [4.78, 5) is 0.170. The number of nitrogens with zero attached hydrogens (tertiary/aromatic N) is 4. The zero-order valence-corrected chi connectivity index (χ0v) is 14.9. The van der Waals surface area contributed by atoms with Gasteiger partial charge in [-0.3, -0.25) is 0 Å². The van der Waals surface area contributed by atoms with Crippen LogP contribution in [0.15, 0.2) is 59.5 Å². The maximum absolute atomic E-state index is 13.1. The third-order valence-electron chi connectivity index (χ3n) is 4.74.